The molecule has 1 aliphatic rings. The van der Waals surface area contributed by atoms with Crippen LogP contribution in [0.3, 0.4) is 0 Å². The Morgan fingerprint density at radius 2 is 0.778 bits per heavy atom. The SMILES string of the molecule is C1CCCC1.CC.CO. The van der Waals surface area contributed by atoms with Crippen LogP contribution in [0.1, 0.15) is 46.0 Å². The molecule has 1 fully saturated rings. The maximum Gasteiger partial charge on any atom is 0.0319 e. The highest BCUT2D eigenvalue weighted by molar-refractivity contribution is 4.51. The molecule has 0 aromatic carbocycles. The number of hydrogen-bond acceptors (Lipinski definition) is 1. The lowest BCUT2D eigenvalue weighted by Crippen LogP contribution is -1.47. The van der Waals surface area contributed by atoms with Crippen molar-refractivity contribution >= 4 is 0 Å². The second-order valence-corrected chi connectivity index (χ2v) is 1.77. The third-order valence-electron chi connectivity index (χ3n) is 1.25. The lowest BCUT2D eigenvalue weighted by Gasteiger charge is -1.67. The van der Waals surface area contributed by atoms with Crippen molar-refractivity contribution in [1.82, 2.24) is 0 Å². The summed E-state index contributed by atoms with van der Waals surface area (Å²) in [6.45, 7) is 4.00. The van der Waals surface area contributed by atoms with E-state index in [1.54, 1.807) is 0 Å². The monoisotopic (exact) mass is 132 g/mol. The first-order chi connectivity index (χ1) is 4.50. The van der Waals surface area contributed by atoms with Gasteiger partial charge in [-0.05, 0) is 0 Å². The van der Waals surface area contributed by atoms with Gasteiger partial charge in [-0.15, -0.1) is 0 Å². The zero-order valence-electron chi connectivity index (χ0n) is 6.98. The van der Waals surface area contributed by atoms with E-state index >= 15 is 0 Å². The van der Waals surface area contributed by atoms with Gasteiger partial charge in [0.2, 0.25) is 0 Å². The van der Waals surface area contributed by atoms with Crippen LogP contribution < -0.4 is 0 Å². The second-order valence-electron chi connectivity index (χ2n) is 1.77. The van der Waals surface area contributed by atoms with Crippen molar-refractivity contribution < 1.29 is 5.11 Å². The van der Waals surface area contributed by atoms with Gasteiger partial charge >= 0.3 is 0 Å². The molecule has 1 N–H and O–H groups in total. The molecule has 58 valence electrons. The summed E-state index contributed by atoms with van der Waals surface area (Å²) >= 11 is 0. The van der Waals surface area contributed by atoms with Gasteiger partial charge in [-0.1, -0.05) is 46.0 Å². The summed E-state index contributed by atoms with van der Waals surface area (Å²) in [5.74, 6) is 0. The van der Waals surface area contributed by atoms with E-state index in [0.717, 1.165) is 7.11 Å². The molecule has 1 heteroatoms. The van der Waals surface area contributed by atoms with Crippen molar-refractivity contribution in [3.8, 4) is 0 Å². The fourth-order valence-corrected chi connectivity index (χ4v) is 0.884. The molecule has 0 bridgehead atoms. The molecule has 0 amide bonds. The summed E-state index contributed by atoms with van der Waals surface area (Å²) in [6.07, 6.45) is 7.50. The Morgan fingerprint density at radius 1 is 0.667 bits per heavy atom. The topological polar surface area (TPSA) is 20.2 Å². The molecule has 0 aliphatic heterocycles. The van der Waals surface area contributed by atoms with Gasteiger partial charge in [-0.2, -0.15) is 0 Å². The molecule has 0 unspecified atom stereocenters. The molecule has 0 saturated heterocycles. The first-order valence-electron chi connectivity index (χ1n) is 3.95. The lowest BCUT2D eigenvalue weighted by molar-refractivity contribution is 0.399. The average molecular weight is 132 g/mol. The lowest BCUT2D eigenvalue weighted by atomic mass is 10.4. The summed E-state index contributed by atoms with van der Waals surface area (Å²) in [7, 11) is 1.00. The largest absolute Gasteiger partial charge is 0.400 e. The summed E-state index contributed by atoms with van der Waals surface area (Å²) in [6, 6.07) is 0. The molecule has 9 heavy (non-hydrogen) atoms. The van der Waals surface area contributed by atoms with Crippen LogP contribution in [0.2, 0.25) is 0 Å². The Kier molecular flexibility index (Phi) is 20.4. The third-order valence-corrected chi connectivity index (χ3v) is 1.25. The molecule has 1 rings (SSSR count). The van der Waals surface area contributed by atoms with Gasteiger partial charge in [-0.3, -0.25) is 0 Å². The van der Waals surface area contributed by atoms with Crippen LogP contribution in [0.4, 0.5) is 0 Å². The van der Waals surface area contributed by atoms with Crippen LogP contribution in [0.5, 0.6) is 0 Å². The molecule has 1 nitrogen and oxygen atoms in total. The van der Waals surface area contributed by atoms with Crippen molar-refractivity contribution in [1.29, 1.82) is 0 Å². The van der Waals surface area contributed by atoms with Crippen LogP contribution in [-0.4, -0.2) is 12.2 Å². The van der Waals surface area contributed by atoms with Gasteiger partial charge in [0.05, 0.1) is 0 Å². The predicted molar refractivity (Wildman–Crippen MR) is 42.6 cm³/mol. The quantitative estimate of drug-likeness (QED) is 0.537. The van der Waals surface area contributed by atoms with E-state index in [1.165, 1.54) is 32.1 Å². The Bertz CT molecular complexity index is 16.1. The normalized spacial score (nSPS) is 14.7. The zero-order chi connectivity index (χ0) is 7.54. The van der Waals surface area contributed by atoms with Crippen LogP contribution in [0, 0.1) is 0 Å². The van der Waals surface area contributed by atoms with Crippen molar-refractivity contribution in [2.24, 2.45) is 0 Å². The zero-order valence-corrected chi connectivity index (χ0v) is 6.98. The van der Waals surface area contributed by atoms with Gasteiger partial charge in [0, 0.05) is 7.11 Å². The van der Waals surface area contributed by atoms with Gasteiger partial charge in [0.1, 0.15) is 0 Å². The van der Waals surface area contributed by atoms with Crippen molar-refractivity contribution in [2.75, 3.05) is 7.11 Å². The second kappa shape index (κ2) is 15.7. The van der Waals surface area contributed by atoms with E-state index in [0.29, 0.717) is 0 Å². The highest BCUT2D eigenvalue weighted by atomic mass is 16.2. The van der Waals surface area contributed by atoms with Gasteiger partial charge in [-0.25, -0.2) is 0 Å². The highest BCUT2D eigenvalue weighted by Gasteiger charge is 1.95. The fourth-order valence-electron chi connectivity index (χ4n) is 0.884. The van der Waals surface area contributed by atoms with E-state index in [2.05, 4.69) is 0 Å². The molecular formula is C8H20O. The minimum absolute atomic E-state index is 1.00. The Morgan fingerprint density at radius 3 is 0.889 bits per heavy atom. The molecule has 1 aliphatic carbocycles. The average Bonchev–Trinajstić information content (AvgIpc) is 2.51. The minimum atomic E-state index is 1.00. The van der Waals surface area contributed by atoms with Crippen LogP contribution in [-0.2, 0) is 0 Å². The Labute approximate surface area is 59.1 Å². The number of aliphatic hydroxyl groups is 1. The molecule has 0 aromatic heterocycles. The third kappa shape index (κ3) is 11.5. The smallest absolute Gasteiger partial charge is 0.0319 e. The Balaban J connectivity index is 0. The van der Waals surface area contributed by atoms with Crippen molar-refractivity contribution in [3.05, 3.63) is 0 Å². The van der Waals surface area contributed by atoms with Gasteiger partial charge in [0.15, 0.2) is 0 Å². The van der Waals surface area contributed by atoms with Crippen LogP contribution >= 0.6 is 0 Å². The maximum absolute atomic E-state index is 7.00. The fraction of sp³-hybridized carbons (Fsp3) is 1.00. The molecule has 0 radical (unpaired) electrons. The molecule has 0 atom stereocenters. The molecule has 1 saturated carbocycles. The first-order valence-corrected chi connectivity index (χ1v) is 3.95. The standard InChI is InChI=1S/C5H10.C2H6.CH4O/c1-2-4-5-3-1;2*1-2/h1-5H2;1-2H3;2H,1H3. The highest BCUT2D eigenvalue weighted by Crippen LogP contribution is 2.15. The van der Waals surface area contributed by atoms with E-state index in [1.807, 2.05) is 13.8 Å². The van der Waals surface area contributed by atoms with Crippen molar-refractivity contribution in [2.45, 2.75) is 46.0 Å². The van der Waals surface area contributed by atoms with Crippen molar-refractivity contribution in [3.63, 3.8) is 0 Å². The van der Waals surface area contributed by atoms with Crippen LogP contribution in [0.25, 0.3) is 0 Å². The summed E-state index contributed by atoms with van der Waals surface area (Å²) < 4.78 is 0. The Hall–Kier alpha value is -0.0400. The summed E-state index contributed by atoms with van der Waals surface area (Å²) in [5.41, 5.74) is 0. The maximum atomic E-state index is 7.00. The number of hydrogen-bond donors (Lipinski definition) is 1. The number of rotatable bonds is 0. The molecular weight excluding hydrogens is 112 g/mol. The molecule has 0 aromatic rings. The molecule has 0 spiro atoms. The summed E-state index contributed by atoms with van der Waals surface area (Å²) in [5, 5.41) is 7.00. The summed E-state index contributed by atoms with van der Waals surface area (Å²) in [4.78, 5) is 0. The van der Waals surface area contributed by atoms with Crippen LogP contribution in [0.15, 0.2) is 0 Å². The van der Waals surface area contributed by atoms with Gasteiger partial charge in [0.25, 0.3) is 0 Å². The number of aliphatic hydroxyl groups excluding tert-OH is 1. The van der Waals surface area contributed by atoms with E-state index < -0.39 is 0 Å². The van der Waals surface area contributed by atoms with E-state index in [-0.39, 0.29) is 0 Å². The van der Waals surface area contributed by atoms with Gasteiger partial charge < -0.3 is 5.11 Å². The minimum Gasteiger partial charge on any atom is -0.400 e. The van der Waals surface area contributed by atoms with E-state index in [4.69, 9.17) is 5.11 Å². The van der Waals surface area contributed by atoms with E-state index in [9.17, 15) is 0 Å². The molecule has 0 heterocycles. The first kappa shape index (κ1) is 11.7. The predicted octanol–water partition coefficient (Wildman–Crippen LogP) is 2.59.